The Balaban J connectivity index is 2.65. The smallest absolute Gasteiger partial charge is 0.106 e. The number of rotatable bonds is 2. The van der Waals surface area contributed by atoms with E-state index in [1.807, 2.05) is 12.1 Å². The van der Waals surface area contributed by atoms with Gasteiger partial charge in [-0.2, -0.15) is 0 Å². The van der Waals surface area contributed by atoms with Gasteiger partial charge in [-0.05, 0) is 18.6 Å². The van der Waals surface area contributed by atoms with E-state index in [0.29, 0.717) is 5.92 Å². The minimum Gasteiger partial charge on any atom is -0.469 e. The summed E-state index contributed by atoms with van der Waals surface area (Å²) in [5, 5.41) is 0. The van der Waals surface area contributed by atoms with Gasteiger partial charge in [-0.1, -0.05) is 13.8 Å². The molecule has 0 aliphatic carbocycles. The van der Waals surface area contributed by atoms with Crippen LogP contribution in [0.5, 0.6) is 0 Å². The van der Waals surface area contributed by atoms with Crippen molar-refractivity contribution < 1.29 is 4.42 Å². The first-order chi connectivity index (χ1) is 4.34. The van der Waals surface area contributed by atoms with E-state index in [9.17, 15) is 0 Å². The maximum atomic E-state index is 5.15. The van der Waals surface area contributed by atoms with Crippen LogP contribution in [0.4, 0.5) is 0 Å². The third kappa shape index (κ3) is 1.35. The van der Waals surface area contributed by atoms with Gasteiger partial charge in [0.1, 0.15) is 5.76 Å². The van der Waals surface area contributed by atoms with E-state index in [0.717, 1.165) is 12.2 Å². The molecule has 0 aliphatic rings. The second-order valence-electron chi connectivity index (χ2n) is 2.21. The fourth-order valence-corrected chi connectivity index (χ4v) is 0.714. The Morgan fingerprint density at radius 1 is 1.78 bits per heavy atom. The second kappa shape index (κ2) is 2.72. The summed E-state index contributed by atoms with van der Waals surface area (Å²) in [4.78, 5) is 0. The monoisotopic (exact) mass is 123 g/mol. The second-order valence-corrected chi connectivity index (χ2v) is 2.21. The van der Waals surface area contributed by atoms with Crippen LogP contribution in [-0.4, -0.2) is 0 Å². The van der Waals surface area contributed by atoms with Crippen LogP contribution in [0.15, 0.2) is 22.8 Å². The first-order valence-electron chi connectivity index (χ1n) is 3.17. The van der Waals surface area contributed by atoms with Crippen molar-refractivity contribution in [1.82, 2.24) is 0 Å². The molecule has 0 N–H and O–H groups in total. The molecule has 0 saturated carbocycles. The summed E-state index contributed by atoms with van der Waals surface area (Å²) in [5.74, 6) is 1.49. The molecule has 0 spiro atoms. The fourth-order valence-electron chi connectivity index (χ4n) is 0.714. The summed E-state index contributed by atoms with van der Waals surface area (Å²) in [7, 11) is 0. The van der Waals surface area contributed by atoms with Gasteiger partial charge in [0, 0.05) is 5.92 Å². The SMILES string of the molecule is [CH2]CC(C)c1ccco1. The minimum atomic E-state index is 0.458. The van der Waals surface area contributed by atoms with Crippen molar-refractivity contribution in [2.24, 2.45) is 0 Å². The first-order valence-corrected chi connectivity index (χ1v) is 3.17. The third-order valence-corrected chi connectivity index (χ3v) is 1.46. The molecule has 9 heavy (non-hydrogen) atoms. The van der Waals surface area contributed by atoms with Gasteiger partial charge in [-0.25, -0.2) is 0 Å². The zero-order valence-corrected chi connectivity index (χ0v) is 5.63. The Labute approximate surface area is 55.7 Å². The maximum absolute atomic E-state index is 5.15. The van der Waals surface area contributed by atoms with Crippen molar-refractivity contribution in [3.05, 3.63) is 31.1 Å². The molecule has 1 heterocycles. The molecule has 1 nitrogen and oxygen atoms in total. The molecule has 1 radical (unpaired) electrons. The van der Waals surface area contributed by atoms with Gasteiger partial charge in [-0.15, -0.1) is 0 Å². The summed E-state index contributed by atoms with van der Waals surface area (Å²) in [6, 6.07) is 3.89. The summed E-state index contributed by atoms with van der Waals surface area (Å²) in [6.07, 6.45) is 2.59. The number of hydrogen-bond acceptors (Lipinski definition) is 1. The zero-order chi connectivity index (χ0) is 6.69. The van der Waals surface area contributed by atoms with Gasteiger partial charge in [0.2, 0.25) is 0 Å². The van der Waals surface area contributed by atoms with E-state index in [-0.39, 0.29) is 0 Å². The van der Waals surface area contributed by atoms with Crippen molar-refractivity contribution in [3.8, 4) is 0 Å². The molecule has 0 bridgehead atoms. The van der Waals surface area contributed by atoms with Crippen LogP contribution in [0.25, 0.3) is 0 Å². The summed E-state index contributed by atoms with van der Waals surface area (Å²) >= 11 is 0. The predicted molar refractivity (Wildman–Crippen MR) is 37.1 cm³/mol. The first kappa shape index (κ1) is 6.40. The van der Waals surface area contributed by atoms with Gasteiger partial charge in [0.15, 0.2) is 0 Å². The fraction of sp³-hybridized carbons (Fsp3) is 0.375. The van der Waals surface area contributed by atoms with Crippen molar-refractivity contribution in [2.45, 2.75) is 19.3 Å². The van der Waals surface area contributed by atoms with E-state index >= 15 is 0 Å². The Hall–Kier alpha value is -0.720. The van der Waals surface area contributed by atoms with Crippen molar-refractivity contribution in [2.75, 3.05) is 0 Å². The Morgan fingerprint density at radius 2 is 2.56 bits per heavy atom. The predicted octanol–water partition coefficient (Wildman–Crippen LogP) is 2.61. The zero-order valence-electron chi connectivity index (χ0n) is 5.63. The Morgan fingerprint density at radius 3 is 3.00 bits per heavy atom. The highest BCUT2D eigenvalue weighted by Gasteiger charge is 2.03. The Kier molecular flexibility index (Phi) is 1.93. The molecule has 1 aromatic rings. The van der Waals surface area contributed by atoms with Gasteiger partial charge in [0.25, 0.3) is 0 Å². The molecule has 0 amide bonds. The summed E-state index contributed by atoms with van der Waals surface area (Å²) in [6.45, 7) is 5.88. The average molecular weight is 123 g/mol. The lowest BCUT2D eigenvalue weighted by Crippen LogP contribution is -1.86. The van der Waals surface area contributed by atoms with Crippen LogP contribution in [0.3, 0.4) is 0 Å². The molecule has 1 atom stereocenters. The normalized spacial score (nSPS) is 13.6. The summed E-state index contributed by atoms with van der Waals surface area (Å²) in [5.41, 5.74) is 0. The number of hydrogen-bond donors (Lipinski definition) is 0. The molecule has 1 unspecified atom stereocenters. The molecule has 0 fully saturated rings. The maximum Gasteiger partial charge on any atom is 0.106 e. The lowest BCUT2D eigenvalue weighted by Gasteiger charge is -2.01. The summed E-state index contributed by atoms with van der Waals surface area (Å²) < 4.78 is 5.15. The highest BCUT2D eigenvalue weighted by molar-refractivity contribution is 5.03. The molecular formula is C8H11O. The van der Waals surface area contributed by atoms with Crippen molar-refractivity contribution in [3.63, 3.8) is 0 Å². The van der Waals surface area contributed by atoms with E-state index < -0.39 is 0 Å². The quantitative estimate of drug-likeness (QED) is 0.589. The average Bonchev–Trinajstić information content (AvgIpc) is 2.37. The van der Waals surface area contributed by atoms with Crippen LogP contribution in [0.2, 0.25) is 0 Å². The van der Waals surface area contributed by atoms with Crippen LogP contribution < -0.4 is 0 Å². The van der Waals surface area contributed by atoms with Gasteiger partial charge < -0.3 is 4.42 Å². The van der Waals surface area contributed by atoms with Crippen LogP contribution >= 0.6 is 0 Å². The van der Waals surface area contributed by atoms with E-state index in [1.54, 1.807) is 6.26 Å². The van der Waals surface area contributed by atoms with E-state index in [4.69, 9.17) is 4.42 Å². The standard InChI is InChI=1S/C8H11O/c1-3-7(2)8-5-4-6-9-8/h4-7H,1,3H2,2H3. The van der Waals surface area contributed by atoms with Crippen LogP contribution in [-0.2, 0) is 0 Å². The van der Waals surface area contributed by atoms with Crippen molar-refractivity contribution in [1.29, 1.82) is 0 Å². The van der Waals surface area contributed by atoms with Gasteiger partial charge in [0.05, 0.1) is 6.26 Å². The molecule has 1 aromatic heterocycles. The highest BCUT2D eigenvalue weighted by Crippen LogP contribution is 2.17. The lowest BCUT2D eigenvalue weighted by atomic mass is 10.1. The molecule has 0 aliphatic heterocycles. The number of furan rings is 1. The molecular weight excluding hydrogens is 112 g/mol. The molecule has 0 aromatic carbocycles. The van der Waals surface area contributed by atoms with E-state index in [1.165, 1.54) is 0 Å². The Bertz CT molecular complexity index is 153. The van der Waals surface area contributed by atoms with Crippen molar-refractivity contribution >= 4 is 0 Å². The molecule has 1 heteroatoms. The lowest BCUT2D eigenvalue weighted by molar-refractivity contribution is 0.475. The van der Waals surface area contributed by atoms with Crippen LogP contribution in [0.1, 0.15) is 25.0 Å². The van der Waals surface area contributed by atoms with Gasteiger partial charge in [-0.3, -0.25) is 0 Å². The van der Waals surface area contributed by atoms with E-state index in [2.05, 4.69) is 13.8 Å². The van der Waals surface area contributed by atoms with Crippen LogP contribution in [0, 0.1) is 6.92 Å². The highest BCUT2D eigenvalue weighted by atomic mass is 16.3. The third-order valence-electron chi connectivity index (χ3n) is 1.46. The minimum absolute atomic E-state index is 0.458. The topological polar surface area (TPSA) is 13.1 Å². The molecule has 49 valence electrons. The molecule has 0 saturated heterocycles. The van der Waals surface area contributed by atoms with Gasteiger partial charge >= 0.3 is 0 Å². The largest absolute Gasteiger partial charge is 0.469 e. The molecule has 1 rings (SSSR count).